The summed E-state index contributed by atoms with van der Waals surface area (Å²) in [7, 11) is 2.20. The molecule has 3 aromatic rings. The van der Waals surface area contributed by atoms with Crippen molar-refractivity contribution < 1.29 is 5.11 Å². The molecule has 3 fully saturated rings. The van der Waals surface area contributed by atoms with Crippen molar-refractivity contribution in [1.82, 2.24) is 14.8 Å². The van der Waals surface area contributed by atoms with Crippen LogP contribution in [0.5, 0.6) is 5.75 Å². The molecule has 2 aromatic heterocycles. The predicted molar refractivity (Wildman–Crippen MR) is 92.2 cm³/mol. The molecule has 0 aliphatic heterocycles. The molecule has 0 amide bonds. The highest BCUT2D eigenvalue weighted by Gasteiger charge is 2.58. The number of para-hydroxylation sites is 1. The molecule has 3 aliphatic carbocycles. The minimum absolute atomic E-state index is 0.250. The summed E-state index contributed by atoms with van der Waals surface area (Å²) in [6.45, 7) is 0. The summed E-state index contributed by atoms with van der Waals surface area (Å²) >= 11 is 0. The fourth-order valence-electron chi connectivity index (χ4n) is 4.40. The van der Waals surface area contributed by atoms with Gasteiger partial charge in [0.2, 0.25) is 0 Å². The van der Waals surface area contributed by atoms with Crippen LogP contribution in [0.2, 0.25) is 0 Å². The molecule has 0 unspecified atom stereocenters. The fraction of sp³-hybridized carbons (Fsp3) is 0.333. The van der Waals surface area contributed by atoms with Crippen LogP contribution in [-0.4, -0.2) is 27.7 Å². The highest BCUT2D eigenvalue weighted by Crippen LogP contribution is 2.63. The van der Waals surface area contributed by atoms with Gasteiger partial charge in [-0.25, -0.2) is 0 Å². The van der Waals surface area contributed by atoms with Gasteiger partial charge in [0.15, 0.2) is 0 Å². The number of benzene rings is 1. The molecule has 1 aromatic carbocycles. The van der Waals surface area contributed by atoms with Crippen LogP contribution in [0.1, 0.15) is 25.0 Å². The highest BCUT2D eigenvalue weighted by molar-refractivity contribution is 6.08. The molecule has 6 rings (SSSR count). The Kier molecular flexibility index (Phi) is 2.50. The van der Waals surface area contributed by atoms with E-state index in [0.717, 1.165) is 34.5 Å². The lowest BCUT2D eigenvalue weighted by Gasteiger charge is -2.63. The first-order chi connectivity index (χ1) is 11.2. The maximum atomic E-state index is 10.1. The second kappa shape index (κ2) is 4.37. The summed E-state index contributed by atoms with van der Waals surface area (Å²) in [6.07, 6.45) is 4.92. The van der Waals surface area contributed by atoms with Crippen LogP contribution in [0.15, 0.2) is 36.4 Å². The summed E-state index contributed by atoms with van der Waals surface area (Å²) in [6, 6.07) is 11.6. The van der Waals surface area contributed by atoms with E-state index in [0.29, 0.717) is 5.54 Å². The number of hydrogen-bond donors (Lipinski definition) is 1. The number of hydrogen-bond acceptors (Lipinski definition) is 3. The average molecular weight is 303 g/mol. The van der Waals surface area contributed by atoms with Crippen molar-refractivity contribution in [2.24, 2.45) is 5.92 Å². The van der Waals surface area contributed by atoms with Gasteiger partial charge < -0.3 is 9.67 Å². The Morgan fingerprint density at radius 2 is 1.96 bits per heavy atom. The SMILES string of the molecule is BCc1cc2nnc(-c3ccccc3O)cc2n1C12CC(C1)C2. The lowest BCUT2D eigenvalue weighted by Crippen LogP contribution is -2.59. The number of phenolic OH excluding ortho intramolecular Hbond substituents is 1. The third-order valence-electron chi connectivity index (χ3n) is 5.66. The Balaban J connectivity index is 1.73. The second-order valence-corrected chi connectivity index (χ2v) is 7.04. The number of fused-ring (bicyclic) bond motifs is 1. The molecular weight excluding hydrogens is 285 g/mol. The van der Waals surface area contributed by atoms with Crippen LogP contribution >= 0.6 is 0 Å². The quantitative estimate of drug-likeness (QED) is 0.756. The zero-order chi connectivity index (χ0) is 15.6. The molecule has 5 heteroatoms. The lowest BCUT2D eigenvalue weighted by atomic mass is 9.49. The van der Waals surface area contributed by atoms with Gasteiger partial charge in [0.25, 0.3) is 0 Å². The topological polar surface area (TPSA) is 50.9 Å². The van der Waals surface area contributed by atoms with Crippen molar-refractivity contribution in [2.75, 3.05) is 0 Å². The lowest BCUT2D eigenvalue weighted by molar-refractivity contribution is -0.0868. The van der Waals surface area contributed by atoms with E-state index in [-0.39, 0.29) is 5.75 Å². The molecule has 3 saturated carbocycles. The molecular formula is C18H18BN3O. The molecule has 0 saturated heterocycles. The zero-order valence-electron chi connectivity index (χ0n) is 13.2. The Hall–Kier alpha value is -2.30. The average Bonchev–Trinajstić information content (AvgIpc) is 2.83. The van der Waals surface area contributed by atoms with Crippen molar-refractivity contribution in [3.8, 4) is 17.0 Å². The highest BCUT2D eigenvalue weighted by atomic mass is 16.3. The normalized spacial score (nSPS) is 25.1. The molecule has 23 heavy (non-hydrogen) atoms. The molecule has 0 atom stereocenters. The number of rotatable bonds is 3. The number of phenols is 1. The van der Waals surface area contributed by atoms with Crippen molar-refractivity contribution in [3.63, 3.8) is 0 Å². The maximum Gasteiger partial charge on any atom is 0.125 e. The van der Waals surface area contributed by atoms with E-state index < -0.39 is 0 Å². The van der Waals surface area contributed by atoms with Gasteiger partial charge >= 0.3 is 0 Å². The Bertz CT molecular complexity index is 916. The van der Waals surface area contributed by atoms with E-state index in [9.17, 15) is 5.11 Å². The molecule has 4 nitrogen and oxygen atoms in total. The third-order valence-corrected chi connectivity index (χ3v) is 5.66. The van der Waals surface area contributed by atoms with Gasteiger partial charge in [-0.2, -0.15) is 0 Å². The Morgan fingerprint density at radius 1 is 1.17 bits per heavy atom. The summed E-state index contributed by atoms with van der Waals surface area (Å²) in [4.78, 5) is 0. The van der Waals surface area contributed by atoms with E-state index >= 15 is 0 Å². The minimum Gasteiger partial charge on any atom is -0.507 e. The van der Waals surface area contributed by atoms with Gasteiger partial charge in [0, 0.05) is 16.8 Å². The van der Waals surface area contributed by atoms with E-state index in [4.69, 9.17) is 0 Å². The molecule has 2 heterocycles. The maximum absolute atomic E-state index is 10.1. The monoisotopic (exact) mass is 303 g/mol. The Labute approximate surface area is 135 Å². The molecule has 3 aliphatic rings. The van der Waals surface area contributed by atoms with Crippen LogP contribution in [0.25, 0.3) is 22.3 Å². The zero-order valence-corrected chi connectivity index (χ0v) is 13.2. The van der Waals surface area contributed by atoms with E-state index in [1.807, 2.05) is 18.2 Å². The van der Waals surface area contributed by atoms with E-state index in [1.165, 1.54) is 25.0 Å². The fourth-order valence-corrected chi connectivity index (χ4v) is 4.40. The molecule has 0 radical (unpaired) electrons. The predicted octanol–water partition coefficient (Wildman–Crippen LogP) is 2.45. The van der Waals surface area contributed by atoms with Crippen molar-refractivity contribution in [2.45, 2.75) is 31.1 Å². The molecule has 1 N–H and O–H groups in total. The van der Waals surface area contributed by atoms with Crippen molar-refractivity contribution in [3.05, 3.63) is 42.1 Å². The summed E-state index contributed by atoms with van der Waals surface area (Å²) in [5.74, 6) is 1.19. The number of aromatic hydroxyl groups is 1. The first-order valence-electron chi connectivity index (χ1n) is 8.37. The van der Waals surface area contributed by atoms with Crippen LogP contribution in [-0.2, 0) is 11.9 Å². The molecule has 114 valence electrons. The summed E-state index contributed by atoms with van der Waals surface area (Å²) < 4.78 is 2.51. The van der Waals surface area contributed by atoms with Crippen LogP contribution in [0.3, 0.4) is 0 Å². The largest absolute Gasteiger partial charge is 0.507 e. The third kappa shape index (κ3) is 1.68. The standard InChI is InChI=1S/C18H18BN3O/c19-10-12-5-15-16(22(12)18-7-11(8-18)9-18)6-14(20-21-15)13-3-1-2-4-17(13)23/h1-6,11,23H,7-10,19H2. The van der Waals surface area contributed by atoms with Gasteiger partial charge in [-0.1, -0.05) is 12.1 Å². The number of aromatic nitrogens is 3. The van der Waals surface area contributed by atoms with Gasteiger partial charge in [-0.05, 0) is 55.8 Å². The first-order valence-corrected chi connectivity index (χ1v) is 8.37. The van der Waals surface area contributed by atoms with E-state index in [1.54, 1.807) is 6.07 Å². The van der Waals surface area contributed by atoms with Gasteiger partial charge in [-0.3, -0.25) is 0 Å². The van der Waals surface area contributed by atoms with Crippen LogP contribution in [0, 0.1) is 5.92 Å². The van der Waals surface area contributed by atoms with E-state index in [2.05, 4.69) is 34.7 Å². The van der Waals surface area contributed by atoms with Gasteiger partial charge in [0.1, 0.15) is 19.1 Å². The van der Waals surface area contributed by atoms with Crippen LogP contribution in [0.4, 0.5) is 0 Å². The summed E-state index contributed by atoms with van der Waals surface area (Å²) in [5.41, 5.74) is 5.28. The minimum atomic E-state index is 0.250. The first kappa shape index (κ1) is 13.2. The molecule has 0 spiro atoms. The Morgan fingerprint density at radius 3 is 2.61 bits per heavy atom. The smallest absolute Gasteiger partial charge is 0.125 e. The van der Waals surface area contributed by atoms with Crippen LogP contribution < -0.4 is 0 Å². The summed E-state index contributed by atoms with van der Waals surface area (Å²) in [5, 5.41) is 18.9. The van der Waals surface area contributed by atoms with Crippen molar-refractivity contribution in [1.29, 1.82) is 0 Å². The number of nitrogens with zero attached hydrogens (tertiary/aromatic N) is 3. The second-order valence-electron chi connectivity index (χ2n) is 7.04. The molecule has 2 bridgehead atoms. The van der Waals surface area contributed by atoms with Gasteiger partial charge in [-0.15, -0.1) is 10.2 Å². The van der Waals surface area contributed by atoms with Gasteiger partial charge in [0.05, 0.1) is 11.2 Å². The van der Waals surface area contributed by atoms with Crippen molar-refractivity contribution >= 4 is 18.9 Å².